The number of amides is 2. The van der Waals surface area contributed by atoms with Gasteiger partial charge < -0.3 is 15.3 Å². The van der Waals surface area contributed by atoms with Crippen LogP contribution in [0.5, 0.6) is 0 Å². The van der Waals surface area contributed by atoms with E-state index in [1.54, 1.807) is 4.90 Å². The van der Waals surface area contributed by atoms with E-state index in [1.165, 1.54) is 0 Å². The first-order chi connectivity index (χ1) is 9.08. The van der Waals surface area contributed by atoms with E-state index < -0.39 is 5.97 Å². The Morgan fingerprint density at radius 3 is 2.53 bits per heavy atom. The monoisotopic (exact) mass is 286 g/mol. The topological polar surface area (TPSA) is 69.6 Å². The molecule has 0 bridgehead atoms. The van der Waals surface area contributed by atoms with E-state index in [-0.39, 0.29) is 24.0 Å². The summed E-state index contributed by atoms with van der Waals surface area (Å²) in [6.45, 7) is 2.48. The van der Waals surface area contributed by atoms with Gasteiger partial charge in [-0.2, -0.15) is 11.8 Å². The zero-order valence-electron chi connectivity index (χ0n) is 11.3. The minimum atomic E-state index is -0.740. The van der Waals surface area contributed by atoms with Crippen molar-refractivity contribution in [3.05, 3.63) is 0 Å². The Morgan fingerprint density at radius 2 is 1.95 bits per heavy atom. The summed E-state index contributed by atoms with van der Waals surface area (Å²) in [5.41, 5.74) is 0. The third-order valence-corrected chi connectivity index (χ3v) is 5.08. The molecule has 2 amide bonds. The van der Waals surface area contributed by atoms with Crippen molar-refractivity contribution in [3.8, 4) is 0 Å². The molecule has 2 aliphatic rings. The zero-order valence-corrected chi connectivity index (χ0v) is 12.1. The summed E-state index contributed by atoms with van der Waals surface area (Å²) in [6.07, 6.45) is 3.20. The molecule has 0 saturated carbocycles. The molecule has 6 heteroatoms. The van der Waals surface area contributed by atoms with Crippen LogP contribution in [0.15, 0.2) is 0 Å². The lowest BCUT2D eigenvalue weighted by Gasteiger charge is -2.37. The molecule has 0 aromatic rings. The number of rotatable bonds is 2. The molecule has 2 aliphatic heterocycles. The summed E-state index contributed by atoms with van der Waals surface area (Å²) >= 11 is 1.94. The molecule has 2 fully saturated rings. The van der Waals surface area contributed by atoms with Crippen molar-refractivity contribution in [3.63, 3.8) is 0 Å². The average molecular weight is 286 g/mol. The summed E-state index contributed by atoms with van der Waals surface area (Å²) in [5, 5.41) is 12.1. The van der Waals surface area contributed by atoms with Crippen molar-refractivity contribution >= 4 is 23.8 Å². The van der Waals surface area contributed by atoms with E-state index in [4.69, 9.17) is 5.11 Å². The fraction of sp³-hybridized carbons (Fsp3) is 0.846. The van der Waals surface area contributed by atoms with Gasteiger partial charge >= 0.3 is 12.0 Å². The lowest BCUT2D eigenvalue weighted by atomic mass is 9.92. The van der Waals surface area contributed by atoms with E-state index in [1.807, 2.05) is 18.7 Å². The number of carboxylic acid groups (broad SMARTS) is 1. The first-order valence-corrected chi connectivity index (χ1v) is 8.11. The Bertz CT molecular complexity index is 345. The lowest BCUT2D eigenvalue weighted by Crippen LogP contribution is -2.52. The van der Waals surface area contributed by atoms with E-state index >= 15 is 0 Å². The molecule has 0 aromatic carbocycles. The van der Waals surface area contributed by atoms with Crippen LogP contribution in [0.1, 0.15) is 32.6 Å². The SMILES string of the molecule is CC1CC(C(=O)O)CCN1C(=O)NC1CCSCC1. The number of hydrogen-bond acceptors (Lipinski definition) is 3. The summed E-state index contributed by atoms with van der Waals surface area (Å²) in [4.78, 5) is 25.0. The molecule has 2 unspecified atom stereocenters. The summed E-state index contributed by atoms with van der Waals surface area (Å²) < 4.78 is 0. The van der Waals surface area contributed by atoms with Crippen molar-refractivity contribution in [2.24, 2.45) is 5.92 Å². The summed E-state index contributed by atoms with van der Waals surface area (Å²) in [6, 6.07) is 0.277. The van der Waals surface area contributed by atoms with Crippen molar-refractivity contribution in [1.29, 1.82) is 0 Å². The summed E-state index contributed by atoms with van der Waals surface area (Å²) in [7, 11) is 0. The van der Waals surface area contributed by atoms with Crippen LogP contribution in [-0.2, 0) is 4.79 Å². The van der Waals surface area contributed by atoms with Gasteiger partial charge in [-0.15, -0.1) is 0 Å². The number of nitrogens with zero attached hydrogens (tertiary/aromatic N) is 1. The van der Waals surface area contributed by atoms with Crippen LogP contribution in [0.4, 0.5) is 4.79 Å². The fourth-order valence-corrected chi connectivity index (χ4v) is 3.90. The Hall–Kier alpha value is -0.910. The van der Waals surface area contributed by atoms with Crippen LogP contribution >= 0.6 is 11.8 Å². The standard InChI is InChI=1S/C13H22N2O3S/c1-9-8-10(12(16)17)2-5-15(9)13(18)14-11-3-6-19-7-4-11/h9-11H,2-8H2,1H3,(H,14,18)(H,16,17). The Morgan fingerprint density at radius 1 is 1.26 bits per heavy atom. The molecular formula is C13H22N2O3S. The first kappa shape index (κ1) is 14.5. The largest absolute Gasteiger partial charge is 0.481 e. The number of aliphatic carboxylic acids is 1. The van der Waals surface area contributed by atoms with Crippen molar-refractivity contribution in [1.82, 2.24) is 10.2 Å². The second kappa shape index (κ2) is 6.50. The molecular weight excluding hydrogens is 264 g/mol. The number of carbonyl (C=O) groups excluding carboxylic acids is 1. The smallest absolute Gasteiger partial charge is 0.317 e. The lowest BCUT2D eigenvalue weighted by molar-refractivity contribution is -0.143. The van der Waals surface area contributed by atoms with E-state index in [2.05, 4.69) is 5.32 Å². The maximum absolute atomic E-state index is 12.2. The molecule has 0 spiro atoms. The van der Waals surface area contributed by atoms with E-state index in [0.29, 0.717) is 19.4 Å². The number of hydrogen-bond donors (Lipinski definition) is 2. The fourth-order valence-electron chi connectivity index (χ4n) is 2.80. The molecule has 0 radical (unpaired) electrons. The number of nitrogens with one attached hydrogen (secondary N) is 1. The highest BCUT2D eigenvalue weighted by Gasteiger charge is 2.32. The van der Waals surface area contributed by atoms with Crippen molar-refractivity contribution < 1.29 is 14.7 Å². The Labute approximate surface area is 118 Å². The molecule has 0 aliphatic carbocycles. The van der Waals surface area contributed by atoms with Crippen molar-refractivity contribution in [2.45, 2.75) is 44.7 Å². The van der Waals surface area contributed by atoms with Crippen LogP contribution < -0.4 is 5.32 Å². The number of thioether (sulfide) groups is 1. The third kappa shape index (κ3) is 3.78. The van der Waals surface area contributed by atoms with E-state index in [9.17, 15) is 9.59 Å². The molecule has 2 saturated heterocycles. The van der Waals surface area contributed by atoms with Gasteiger partial charge in [-0.25, -0.2) is 4.79 Å². The zero-order chi connectivity index (χ0) is 13.8. The maximum Gasteiger partial charge on any atom is 0.317 e. The number of urea groups is 1. The van der Waals surface area contributed by atoms with Gasteiger partial charge in [0.05, 0.1) is 5.92 Å². The molecule has 5 nitrogen and oxygen atoms in total. The predicted octanol–water partition coefficient (Wildman–Crippen LogP) is 1.78. The van der Waals surface area contributed by atoms with Gasteiger partial charge in [-0.3, -0.25) is 4.79 Å². The highest BCUT2D eigenvalue weighted by Crippen LogP contribution is 2.24. The number of carboxylic acids is 1. The normalized spacial score (nSPS) is 29.0. The molecule has 19 heavy (non-hydrogen) atoms. The van der Waals surface area contributed by atoms with Gasteiger partial charge in [0.25, 0.3) is 0 Å². The third-order valence-electron chi connectivity index (χ3n) is 4.04. The van der Waals surface area contributed by atoms with Gasteiger partial charge in [-0.05, 0) is 44.1 Å². The van der Waals surface area contributed by atoms with Crippen LogP contribution in [0.2, 0.25) is 0 Å². The van der Waals surface area contributed by atoms with E-state index in [0.717, 1.165) is 24.3 Å². The van der Waals surface area contributed by atoms with Crippen LogP contribution in [0.25, 0.3) is 0 Å². The van der Waals surface area contributed by atoms with Crippen LogP contribution in [0, 0.1) is 5.92 Å². The minimum Gasteiger partial charge on any atom is -0.481 e. The molecule has 108 valence electrons. The van der Waals surface area contributed by atoms with Crippen LogP contribution in [0.3, 0.4) is 0 Å². The highest BCUT2D eigenvalue weighted by molar-refractivity contribution is 7.99. The maximum atomic E-state index is 12.2. The highest BCUT2D eigenvalue weighted by atomic mass is 32.2. The average Bonchev–Trinajstić information content (AvgIpc) is 2.39. The predicted molar refractivity (Wildman–Crippen MR) is 75.4 cm³/mol. The van der Waals surface area contributed by atoms with Crippen LogP contribution in [-0.4, -0.2) is 52.1 Å². The molecule has 2 atom stereocenters. The van der Waals surface area contributed by atoms with Gasteiger partial charge in [0.1, 0.15) is 0 Å². The number of piperidine rings is 1. The molecule has 0 aromatic heterocycles. The number of likely N-dealkylation sites (tertiary alicyclic amines) is 1. The molecule has 2 N–H and O–H groups in total. The Kier molecular flexibility index (Phi) is 4.96. The second-order valence-electron chi connectivity index (χ2n) is 5.44. The molecule has 2 rings (SSSR count). The first-order valence-electron chi connectivity index (χ1n) is 6.95. The quantitative estimate of drug-likeness (QED) is 0.812. The summed E-state index contributed by atoms with van der Waals surface area (Å²) in [5.74, 6) is 1.18. The van der Waals surface area contributed by atoms with Gasteiger partial charge in [-0.1, -0.05) is 0 Å². The second-order valence-corrected chi connectivity index (χ2v) is 6.66. The molecule has 2 heterocycles. The number of carbonyl (C=O) groups is 2. The van der Waals surface area contributed by atoms with Gasteiger partial charge in [0, 0.05) is 18.6 Å². The minimum absolute atomic E-state index is 0.00724. The Balaban J connectivity index is 1.84. The van der Waals surface area contributed by atoms with Gasteiger partial charge in [0.15, 0.2) is 0 Å². The van der Waals surface area contributed by atoms with Gasteiger partial charge in [0.2, 0.25) is 0 Å². The van der Waals surface area contributed by atoms with Crippen molar-refractivity contribution in [2.75, 3.05) is 18.1 Å².